The third-order valence-electron chi connectivity index (χ3n) is 5.36. The lowest BCUT2D eigenvalue weighted by Crippen LogP contribution is -2.67. The highest BCUT2D eigenvalue weighted by Crippen LogP contribution is 2.18. The maximum absolute atomic E-state index is 2.67. The molecule has 1 saturated heterocycles. The van der Waals surface area contributed by atoms with Crippen molar-refractivity contribution in [2.24, 2.45) is 0 Å². The molecule has 0 saturated carbocycles. The number of hydrogen-bond donors (Lipinski definition) is 0. The van der Waals surface area contributed by atoms with Crippen LogP contribution in [0.3, 0.4) is 0 Å². The first-order chi connectivity index (χ1) is 12.2. The molecule has 1 fully saturated rings. The van der Waals surface area contributed by atoms with Crippen LogP contribution < -0.4 is 0 Å². The normalized spacial score (nSPS) is 16.1. The van der Waals surface area contributed by atoms with Crippen LogP contribution in [0.1, 0.15) is 97.8 Å². The van der Waals surface area contributed by atoms with Crippen LogP contribution in [0.25, 0.3) is 0 Å². The fourth-order valence-electron chi connectivity index (χ4n) is 3.55. The average Bonchev–Trinajstić information content (AvgIpc) is 2.61. The Labute approximate surface area is 158 Å². The van der Waals surface area contributed by atoms with Crippen molar-refractivity contribution in [1.82, 2.24) is 20.3 Å². The second-order valence-electron chi connectivity index (χ2n) is 7.71. The van der Waals surface area contributed by atoms with E-state index in [0.717, 1.165) is 0 Å². The summed E-state index contributed by atoms with van der Waals surface area (Å²) < 4.78 is 0. The summed E-state index contributed by atoms with van der Waals surface area (Å²) in [6.07, 6.45) is 16.2. The number of hydrogen-bond acceptors (Lipinski definition) is 4. The average molecular weight is 355 g/mol. The Balaban J connectivity index is 2.55. The fourth-order valence-corrected chi connectivity index (χ4v) is 3.55. The molecule has 0 aromatic carbocycles. The summed E-state index contributed by atoms with van der Waals surface area (Å²) in [4.78, 5) is 0. The molecule has 1 aliphatic rings. The molecule has 4 heteroatoms. The molecule has 0 radical (unpaired) electrons. The lowest BCUT2D eigenvalue weighted by atomic mass is 10.2. The summed E-state index contributed by atoms with van der Waals surface area (Å²) in [6, 6.07) is 0. The zero-order chi connectivity index (χ0) is 18.3. The second kappa shape index (κ2) is 15.0. The first-order valence-corrected chi connectivity index (χ1v) is 11.2. The summed E-state index contributed by atoms with van der Waals surface area (Å²) in [7, 11) is 2.23. The molecule has 4 nitrogen and oxygen atoms in total. The summed E-state index contributed by atoms with van der Waals surface area (Å²) in [5, 5.41) is 10.1. The molecule has 0 aliphatic carbocycles. The molecule has 150 valence electrons. The van der Waals surface area contributed by atoms with E-state index in [1.165, 1.54) is 110 Å². The van der Waals surface area contributed by atoms with E-state index in [1.807, 2.05) is 0 Å². The highest BCUT2D eigenvalue weighted by molar-refractivity contribution is 4.67. The molecular formula is C21H46N4. The maximum atomic E-state index is 2.67. The van der Waals surface area contributed by atoms with Crippen molar-refractivity contribution in [3.05, 3.63) is 0 Å². The van der Waals surface area contributed by atoms with Crippen LogP contribution in [-0.4, -0.2) is 60.0 Å². The Hall–Kier alpha value is -0.160. The van der Waals surface area contributed by atoms with Gasteiger partial charge in [-0.25, -0.2) is 10.0 Å². The molecule has 0 aromatic rings. The summed E-state index contributed by atoms with van der Waals surface area (Å²) in [5.41, 5.74) is 0. The minimum absolute atomic E-state index is 1.19. The SMILES string of the molecule is CCCCCCN(CCCCCC)N(CCCCCC)N1CCN1C. The third-order valence-corrected chi connectivity index (χ3v) is 5.36. The Morgan fingerprint density at radius 3 is 1.44 bits per heavy atom. The molecule has 0 amide bonds. The number of nitrogens with zero attached hydrogens (tertiary/aromatic N) is 4. The first-order valence-electron chi connectivity index (χ1n) is 11.2. The van der Waals surface area contributed by atoms with Crippen LogP contribution in [-0.2, 0) is 0 Å². The fraction of sp³-hybridized carbons (Fsp3) is 1.00. The highest BCUT2D eigenvalue weighted by atomic mass is 16.0. The van der Waals surface area contributed by atoms with E-state index in [9.17, 15) is 0 Å². The molecule has 0 bridgehead atoms. The number of unbranched alkanes of at least 4 members (excludes halogenated alkanes) is 9. The predicted octanol–water partition coefficient (Wildman–Crippen LogP) is 5.32. The van der Waals surface area contributed by atoms with Crippen molar-refractivity contribution in [1.29, 1.82) is 0 Å². The van der Waals surface area contributed by atoms with Crippen LogP contribution >= 0.6 is 0 Å². The number of likely N-dealkylation sites (N-methyl/N-ethyl adjacent to an activating group) is 1. The van der Waals surface area contributed by atoms with Gasteiger partial charge >= 0.3 is 0 Å². The topological polar surface area (TPSA) is 13.0 Å². The van der Waals surface area contributed by atoms with Crippen molar-refractivity contribution < 1.29 is 0 Å². The molecule has 0 spiro atoms. The van der Waals surface area contributed by atoms with Crippen molar-refractivity contribution in [3.63, 3.8) is 0 Å². The standard InChI is InChI=1S/C21H46N4/c1-5-8-11-14-17-23(18-15-12-9-6-2)25(19-16-13-10-7-3)24-21-20-22(24)4/h5-21H2,1-4H3. The smallest absolute Gasteiger partial charge is 0.0448 e. The van der Waals surface area contributed by atoms with E-state index < -0.39 is 0 Å². The van der Waals surface area contributed by atoms with Crippen LogP contribution in [0, 0.1) is 0 Å². The van der Waals surface area contributed by atoms with Gasteiger partial charge in [0.1, 0.15) is 0 Å². The van der Waals surface area contributed by atoms with Gasteiger partial charge in [-0.05, 0) is 19.3 Å². The van der Waals surface area contributed by atoms with Gasteiger partial charge in [0, 0.05) is 39.8 Å². The van der Waals surface area contributed by atoms with E-state index in [1.54, 1.807) is 0 Å². The minimum Gasteiger partial charge on any atom is -0.228 e. The Morgan fingerprint density at radius 2 is 1.08 bits per heavy atom. The first kappa shape index (κ1) is 22.9. The predicted molar refractivity (Wildman–Crippen MR) is 110 cm³/mol. The van der Waals surface area contributed by atoms with Gasteiger partial charge in [-0.3, -0.25) is 0 Å². The van der Waals surface area contributed by atoms with Gasteiger partial charge in [0.15, 0.2) is 0 Å². The van der Waals surface area contributed by atoms with Crippen molar-refractivity contribution >= 4 is 0 Å². The van der Waals surface area contributed by atoms with Crippen molar-refractivity contribution in [3.8, 4) is 0 Å². The summed E-state index contributed by atoms with van der Waals surface area (Å²) in [5.74, 6) is 0. The van der Waals surface area contributed by atoms with E-state index in [0.29, 0.717) is 0 Å². The van der Waals surface area contributed by atoms with Gasteiger partial charge in [-0.2, -0.15) is 10.2 Å². The number of rotatable bonds is 17. The molecule has 0 aromatic heterocycles. The quantitative estimate of drug-likeness (QED) is 0.259. The van der Waals surface area contributed by atoms with E-state index >= 15 is 0 Å². The molecule has 1 rings (SSSR count). The lowest BCUT2D eigenvalue weighted by molar-refractivity contribution is -0.316. The van der Waals surface area contributed by atoms with Crippen molar-refractivity contribution in [2.45, 2.75) is 97.8 Å². The maximum Gasteiger partial charge on any atom is 0.0448 e. The summed E-state index contributed by atoms with van der Waals surface area (Å²) >= 11 is 0. The Bertz CT molecular complexity index is 286. The Morgan fingerprint density at radius 1 is 0.600 bits per heavy atom. The minimum atomic E-state index is 1.19. The lowest BCUT2D eigenvalue weighted by Gasteiger charge is -2.51. The van der Waals surface area contributed by atoms with Crippen LogP contribution in [0.2, 0.25) is 0 Å². The molecule has 1 heterocycles. The van der Waals surface area contributed by atoms with Gasteiger partial charge in [0.25, 0.3) is 0 Å². The largest absolute Gasteiger partial charge is 0.228 e. The third kappa shape index (κ3) is 9.37. The van der Waals surface area contributed by atoms with Gasteiger partial charge < -0.3 is 0 Å². The zero-order valence-electron chi connectivity index (χ0n) is 17.8. The van der Waals surface area contributed by atoms with Crippen molar-refractivity contribution in [2.75, 3.05) is 39.8 Å². The van der Waals surface area contributed by atoms with E-state index in [-0.39, 0.29) is 0 Å². The molecule has 0 unspecified atom stereocenters. The van der Waals surface area contributed by atoms with Crippen LogP contribution in [0.5, 0.6) is 0 Å². The van der Waals surface area contributed by atoms with Gasteiger partial charge in [-0.15, -0.1) is 0 Å². The molecule has 25 heavy (non-hydrogen) atoms. The molecule has 0 atom stereocenters. The van der Waals surface area contributed by atoms with E-state index in [4.69, 9.17) is 0 Å². The second-order valence-corrected chi connectivity index (χ2v) is 7.71. The summed E-state index contributed by atoms with van der Waals surface area (Å²) in [6.45, 7) is 12.9. The van der Waals surface area contributed by atoms with Gasteiger partial charge in [0.05, 0.1) is 0 Å². The monoisotopic (exact) mass is 354 g/mol. The van der Waals surface area contributed by atoms with Gasteiger partial charge in [0.2, 0.25) is 0 Å². The molecule has 0 N–H and O–H groups in total. The molecule has 1 aliphatic heterocycles. The zero-order valence-corrected chi connectivity index (χ0v) is 17.8. The molecular weight excluding hydrogens is 308 g/mol. The van der Waals surface area contributed by atoms with Crippen LogP contribution in [0.4, 0.5) is 0 Å². The van der Waals surface area contributed by atoms with Crippen LogP contribution in [0.15, 0.2) is 0 Å². The highest BCUT2D eigenvalue weighted by Gasteiger charge is 2.30. The van der Waals surface area contributed by atoms with E-state index in [2.05, 4.69) is 48.1 Å². The Kier molecular flexibility index (Phi) is 13.7. The van der Waals surface area contributed by atoms with Gasteiger partial charge in [-0.1, -0.05) is 78.6 Å². The number of hydrazine groups is 3.